The Balaban J connectivity index is 1.63. The number of rotatable bonds is 6. The minimum absolute atomic E-state index is 0.0470. The molecule has 3 unspecified atom stereocenters. The summed E-state index contributed by atoms with van der Waals surface area (Å²) in [7, 11) is -4.61. The molecule has 1 aliphatic carbocycles. The van der Waals surface area contributed by atoms with Gasteiger partial charge in [0.1, 0.15) is 16.6 Å². The molecule has 1 aromatic heterocycles. The van der Waals surface area contributed by atoms with Crippen LogP contribution in [0.3, 0.4) is 0 Å². The van der Waals surface area contributed by atoms with Crippen molar-refractivity contribution < 1.29 is 49.5 Å². The lowest BCUT2D eigenvalue weighted by Gasteiger charge is -2.43. The van der Waals surface area contributed by atoms with Gasteiger partial charge < -0.3 is 14.9 Å². The van der Waals surface area contributed by atoms with E-state index in [1.54, 1.807) is 0 Å². The summed E-state index contributed by atoms with van der Waals surface area (Å²) in [4.78, 5) is 32.2. The molecule has 2 saturated heterocycles. The number of hydrogen-bond acceptors (Lipinski definition) is 6. The molecule has 2 fully saturated rings. The highest BCUT2D eigenvalue weighted by atomic mass is 32.2. The zero-order valence-electron chi connectivity index (χ0n) is 24.0. The molecule has 8 nitrogen and oxygen atoms in total. The average Bonchev–Trinajstić information content (AvgIpc) is 3.45. The predicted octanol–water partition coefficient (Wildman–Crippen LogP) is 3.89. The van der Waals surface area contributed by atoms with Gasteiger partial charge in [0.25, 0.3) is 5.91 Å². The van der Waals surface area contributed by atoms with Crippen LogP contribution in [-0.2, 0) is 36.3 Å². The number of alkyl halides is 5. The maximum Gasteiger partial charge on any atom is 0.428 e. The standard InChI is InChI=1S/C29H31F6N3O5S/c1-26(2,41)15-38-21(14-19(31)24(38)39)25(40)37-12-11-28(44(42,43)17-6-4-5-16(30)13-17)18-7-9-22(27(3,32)29(33,34)35)36-20(18)8-10-23(28)37/h4-7,9,13,19,21,23,41H,8,10-12,14-15H2,1-3H3/t19-,21+,23?,27?,28?/m1/s1. The molecule has 5 atom stereocenters. The van der Waals surface area contributed by atoms with Crippen molar-refractivity contribution in [2.24, 2.45) is 0 Å². The number of aromatic nitrogens is 1. The summed E-state index contributed by atoms with van der Waals surface area (Å²) < 4.78 is 111. The Morgan fingerprint density at radius 3 is 2.43 bits per heavy atom. The predicted molar refractivity (Wildman–Crippen MR) is 144 cm³/mol. The van der Waals surface area contributed by atoms with Gasteiger partial charge in [0, 0.05) is 25.2 Å². The van der Waals surface area contributed by atoms with Crippen LogP contribution in [0.1, 0.15) is 57.0 Å². The van der Waals surface area contributed by atoms with Gasteiger partial charge in [0.15, 0.2) is 16.0 Å². The molecule has 44 heavy (non-hydrogen) atoms. The van der Waals surface area contributed by atoms with E-state index < -0.39 is 84.9 Å². The van der Waals surface area contributed by atoms with Crippen LogP contribution in [0.2, 0.25) is 0 Å². The monoisotopic (exact) mass is 647 g/mol. The van der Waals surface area contributed by atoms with Crippen molar-refractivity contribution in [3.63, 3.8) is 0 Å². The number of β-amino-alcohol motifs (C(OH)–C–C–N with tert-alkyl or cyclic N) is 1. The van der Waals surface area contributed by atoms with Crippen molar-refractivity contribution in [2.45, 2.75) is 91.8 Å². The summed E-state index contributed by atoms with van der Waals surface area (Å²) in [6, 6.07) is 3.46. The number of carbonyl (C=O) groups excluding carboxylic acids is 2. The smallest absolute Gasteiger partial charge is 0.389 e. The van der Waals surface area contributed by atoms with Crippen molar-refractivity contribution in [3.05, 3.63) is 59.2 Å². The highest BCUT2D eigenvalue weighted by molar-refractivity contribution is 7.92. The zero-order chi connectivity index (χ0) is 32.6. The number of aryl methyl sites for hydroxylation is 1. The summed E-state index contributed by atoms with van der Waals surface area (Å²) >= 11 is 0. The molecule has 1 N–H and O–H groups in total. The quantitative estimate of drug-likeness (QED) is 0.477. The fourth-order valence-corrected chi connectivity index (χ4v) is 9.06. The second kappa shape index (κ2) is 10.4. The number of likely N-dealkylation sites (tertiary alicyclic amines) is 2. The highest BCUT2D eigenvalue weighted by Gasteiger charge is 2.63. The first kappa shape index (κ1) is 32.2. The van der Waals surface area contributed by atoms with Crippen LogP contribution in [0.25, 0.3) is 0 Å². The van der Waals surface area contributed by atoms with Gasteiger partial charge in [-0.25, -0.2) is 21.6 Å². The molecule has 15 heteroatoms. The molecule has 0 radical (unpaired) electrons. The number of amides is 2. The van der Waals surface area contributed by atoms with Crippen molar-refractivity contribution in [2.75, 3.05) is 13.1 Å². The van der Waals surface area contributed by atoms with Gasteiger partial charge in [-0.05, 0) is 69.9 Å². The minimum atomic E-state index is -5.31. The normalized spacial score (nSPS) is 27.2. The molecule has 240 valence electrons. The number of halogens is 6. The summed E-state index contributed by atoms with van der Waals surface area (Å²) in [6.45, 7) is 2.48. The molecule has 0 bridgehead atoms. The molecule has 0 spiro atoms. The Morgan fingerprint density at radius 2 is 1.82 bits per heavy atom. The first-order chi connectivity index (χ1) is 20.2. The van der Waals surface area contributed by atoms with E-state index in [9.17, 15) is 49.5 Å². The van der Waals surface area contributed by atoms with Crippen LogP contribution in [0.5, 0.6) is 0 Å². The third-order valence-corrected chi connectivity index (χ3v) is 11.3. The van der Waals surface area contributed by atoms with E-state index in [-0.39, 0.29) is 43.6 Å². The maximum atomic E-state index is 14.9. The van der Waals surface area contributed by atoms with E-state index in [1.807, 2.05) is 0 Å². The van der Waals surface area contributed by atoms with Crippen LogP contribution in [-0.4, -0.2) is 83.2 Å². The second-order valence-corrected chi connectivity index (χ2v) is 14.6. The lowest BCUT2D eigenvalue weighted by Crippen LogP contribution is -2.56. The topological polar surface area (TPSA) is 108 Å². The van der Waals surface area contributed by atoms with Crippen LogP contribution in [0.15, 0.2) is 41.3 Å². The van der Waals surface area contributed by atoms with Gasteiger partial charge in [0.05, 0.1) is 22.2 Å². The van der Waals surface area contributed by atoms with Crippen LogP contribution in [0.4, 0.5) is 26.3 Å². The zero-order valence-corrected chi connectivity index (χ0v) is 24.9. The van der Waals surface area contributed by atoms with Crippen molar-refractivity contribution in [1.29, 1.82) is 0 Å². The fourth-order valence-electron chi connectivity index (χ4n) is 6.68. The molecule has 3 aliphatic rings. The number of hydrogen-bond donors (Lipinski definition) is 1. The Kier molecular flexibility index (Phi) is 7.63. The van der Waals surface area contributed by atoms with Crippen LogP contribution >= 0.6 is 0 Å². The minimum Gasteiger partial charge on any atom is -0.389 e. The molecule has 2 aliphatic heterocycles. The van der Waals surface area contributed by atoms with Crippen molar-refractivity contribution >= 4 is 21.7 Å². The number of fused-ring (bicyclic) bond motifs is 3. The van der Waals surface area contributed by atoms with E-state index in [2.05, 4.69) is 4.98 Å². The number of sulfone groups is 1. The maximum absolute atomic E-state index is 14.9. The third-order valence-electron chi connectivity index (χ3n) is 8.81. The van der Waals surface area contributed by atoms with E-state index in [0.29, 0.717) is 6.92 Å². The summed E-state index contributed by atoms with van der Waals surface area (Å²) in [5.74, 6) is -2.62. The molecular weight excluding hydrogens is 616 g/mol. The van der Waals surface area contributed by atoms with Gasteiger partial charge in [-0.2, -0.15) is 13.2 Å². The SMILES string of the molecule is CC(C)(O)CN1C(=O)[C@H](F)C[C@H]1C(=O)N1CCC2(S(=O)(=O)c3cccc(F)c3)c3ccc(C(C)(F)C(F)(F)F)nc3CCC12. The first-order valence-corrected chi connectivity index (χ1v) is 15.4. The first-order valence-electron chi connectivity index (χ1n) is 14.0. The van der Waals surface area contributed by atoms with Gasteiger partial charge in [-0.3, -0.25) is 14.6 Å². The van der Waals surface area contributed by atoms with E-state index in [1.165, 1.54) is 24.8 Å². The number of carbonyl (C=O) groups is 2. The second-order valence-electron chi connectivity index (χ2n) is 12.4. The number of pyridine rings is 1. The van der Waals surface area contributed by atoms with Gasteiger partial charge in [0.2, 0.25) is 11.6 Å². The van der Waals surface area contributed by atoms with Gasteiger partial charge in [-0.1, -0.05) is 12.1 Å². The molecular formula is C29H31F6N3O5S. The molecule has 0 saturated carbocycles. The van der Waals surface area contributed by atoms with Gasteiger partial charge in [-0.15, -0.1) is 0 Å². The summed E-state index contributed by atoms with van der Waals surface area (Å²) in [5.41, 5.74) is -6.44. The Hall–Kier alpha value is -3.20. The largest absolute Gasteiger partial charge is 0.428 e. The van der Waals surface area contributed by atoms with Gasteiger partial charge >= 0.3 is 6.18 Å². The Bertz CT molecular complexity index is 1610. The molecule has 1 aromatic carbocycles. The molecule has 2 amide bonds. The average molecular weight is 648 g/mol. The Labute approximate surface area is 250 Å². The summed E-state index contributed by atoms with van der Waals surface area (Å²) in [5, 5.41) is 10.3. The van der Waals surface area contributed by atoms with E-state index in [4.69, 9.17) is 0 Å². The number of nitrogens with zero attached hydrogens (tertiary/aromatic N) is 3. The molecule has 2 aromatic rings. The summed E-state index contributed by atoms with van der Waals surface area (Å²) in [6.07, 6.45) is -8.40. The van der Waals surface area contributed by atoms with Crippen molar-refractivity contribution in [3.8, 4) is 0 Å². The number of aliphatic hydroxyl groups is 1. The highest BCUT2D eigenvalue weighted by Crippen LogP contribution is 2.53. The van der Waals surface area contributed by atoms with Crippen molar-refractivity contribution in [1.82, 2.24) is 14.8 Å². The fraction of sp³-hybridized carbons (Fsp3) is 0.552. The lowest BCUT2D eigenvalue weighted by atomic mass is 9.80. The van der Waals surface area contributed by atoms with E-state index >= 15 is 0 Å². The van der Waals surface area contributed by atoms with Crippen LogP contribution in [0, 0.1) is 5.82 Å². The lowest BCUT2D eigenvalue weighted by molar-refractivity contribution is -0.230. The Morgan fingerprint density at radius 1 is 1.14 bits per heavy atom. The van der Waals surface area contributed by atoms with Crippen LogP contribution < -0.4 is 0 Å². The third kappa shape index (κ3) is 4.95. The number of benzene rings is 1. The molecule has 3 heterocycles. The van der Waals surface area contributed by atoms with E-state index in [0.717, 1.165) is 35.2 Å². The molecule has 5 rings (SSSR count).